The number of anilines is 3. The zero-order valence-corrected chi connectivity index (χ0v) is 21.6. The number of fused-ring (bicyclic) bond motifs is 1. The molecule has 3 aromatic rings. The van der Waals surface area contributed by atoms with Crippen LogP contribution in [0, 0.1) is 17.0 Å². The van der Waals surface area contributed by atoms with Crippen LogP contribution in [0.15, 0.2) is 72.8 Å². The third kappa shape index (κ3) is 5.21. The fourth-order valence-corrected chi connectivity index (χ4v) is 5.54. The van der Waals surface area contributed by atoms with Gasteiger partial charge >= 0.3 is 12.0 Å². The number of methoxy groups -OCH3 is 1. The lowest BCUT2D eigenvalue weighted by Crippen LogP contribution is -2.52. The van der Waals surface area contributed by atoms with Gasteiger partial charge in [-0.25, -0.2) is 13.6 Å². The Hall–Kier alpha value is -4.27. The zero-order valence-electron chi connectivity index (χ0n) is 21.6. The smallest absolute Gasteiger partial charge is 0.324 e. The molecule has 1 fully saturated rings. The average Bonchev–Trinajstić information content (AvgIpc) is 3.37. The van der Waals surface area contributed by atoms with Crippen LogP contribution in [0.4, 0.5) is 30.6 Å². The molecule has 0 bridgehead atoms. The maximum atomic E-state index is 14.1. The lowest BCUT2D eigenvalue weighted by atomic mass is 9.75. The lowest BCUT2D eigenvalue weighted by molar-refractivity contribution is -0.157. The summed E-state index contributed by atoms with van der Waals surface area (Å²) in [6.45, 7) is 1.12. The summed E-state index contributed by atoms with van der Waals surface area (Å²) in [6.07, 6.45) is 0.965. The van der Waals surface area contributed by atoms with Crippen molar-refractivity contribution in [1.82, 2.24) is 4.90 Å². The van der Waals surface area contributed by atoms with Crippen LogP contribution in [0.1, 0.15) is 24.8 Å². The highest BCUT2D eigenvalue weighted by Crippen LogP contribution is 2.40. The number of piperidine rings is 1. The number of hydrogen-bond acceptors (Lipinski definition) is 4. The van der Waals surface area contributed by atoms with Crippen LogP contribution in [0.3, 0.4) is 0 Å². The topological polar surface area (TPSA) is 70.2 Å². The molecule has 0 atom stereocenters. The van der Waals surface area contributed by atoms with E-state index in [9.17, 15) is 23.2 Å². The number of esters is 1. The largest absolute Gasteiger partial charge is 0.469 e. The van der Waals surface area contributed by atoms with E-state index < -0.39 is 28.9 Å². The van der Waals surface area contributed by atoms with Crippen LogP contribution >= 0.6 is 0 Å². The first-order valence-electron chi connectivity index (χ1n) is 12.9. The van der Waals surface area contributed by atoms with E-state index >= 15 is 0 Å². The summed E-state index contributed by atoms with van der Waals surface area (Å²) in [5.41, 5.74) is 1.25. The minimum absolute atomic E-state index is 0.133. The number of amides is 3. The molecule has 7 nitrogen and oxygen atoms in total. The van der Waals surface area contributed by atoms with Crippen molar-refractivity contribution in [2.45, 2.75) is 25.7 Å². The number of carbonyl (C=O) groups is 3. The fraction of sp³-hybridized carbons (Fsp3) is 0.300. The monoisotopic (exact) mass is 533 g/mol. The first-order valence-corrected chi connectivity index (χ1v) is 12.9. The van der Waals surface area contributed by atoms with Crippen molar-refractivity contribution in [3.63, 3.8) is 0 Å². The van der Waals surface area contributed by atoms with Gasteiger partial charge in [-0.2, -0.15) is 0 Å². The molecule has 2 aliphatic rings. The van der Waals surface area contributed by atoms with Gasteiger partial charge in [-0.05, 0) is 67.3 Å². The van der Waals surface area contributed by atoms with Gasteiger partial charge in [-0.3, -0.25) is 19.4 Å². The number of hydrogen-bond donors (Lipinski definition) is 0. The van der Waals surface area contributed by atoms with Gasteiger partial charge in [0.15, 0.2) is 0 Å². The minimum atomic E-state index is -1.19. The second-order valence-corrected chi connectivity index (χ2v) is 9.94. The fourth-order valence-electron chi connectivity index (χ4n) is 5.54. The Morgan fingerprint density at radius 3 is 2.08 bits per heavy atom. The Kier molecular flexibility index (Phi) is 7.32. The molecule has 39 heavy (non-hydrogen) atoms. The van der Waals surface area contributed by atoms with E-state index in [4.69, 9.17) is 4.74 Å². The van der Waals surface area contributed by atoms with Gasteiger partial charge in [0.2, 0.25) is 5.91 Å². The molecule has 2 heterocycles. The minimum Gasteiger partial charge on any atom is -0.469 e. The molecule has 202 valence electrons. The third-order valence-corrected chi connectivity index (χ3v) is 7.60. The van der Waals surface area contributed by atoms with E-state index in [0.717, 1.165) is 17.7 Å². The Labute approximate surface area is 225 Å². The maximum absolute atomic E-state index is 14.1. The quantitative estimate of drug-likeness (QED) is 0.409. The number of benzene rings is 3. The number of ether oxygens (including phenoxy) is 1. The molecule has 3 aromatic carbocycles. The molecule has 0 unspecified atom stereocenters. The molecule has 2 aliphatic heterocycles. The summed E-state index contributed by atoms with van der Waals surface area (Å²) >= 11 is 0. The predicted octanol–water partition coefficient (Wildman–Crippen LogP) is 5.46. The molecular weight excluding hydrogens is 504 g/mol. The molecule has 0 spiro atoms. The molecule has 5 rings (SSSR count). The standard InChI is InChI=1S/C30H29F2N3O4/c1-39-28(37)30(13-16-33(17-14-30)29(38)34-15-12-21-6-2-3-11-26(21)34)20-27(36)35(24-9-4-7-22(31)18-24)25-10-5-8-23(32)19-25/h2-11,18-19H,12-17,20H2,1H3. The van der Waals surface area contributed by atoms with Gasteiger partial charge in [-0.15, -0.1) is 0 Å². The second kappa shape index (κ2) is 10.8. The van der Waals surface area contributed by atoms with E-state index in [1.165, 1.54) is 48.4 Å². The molecule has 0 aromatic heterocycles. The van der Waals surface area contributed by atoms with Crippen molar-refractivity contribution in [3.8, 4) is 0 Å². The lowest BCUT2D eigenvalue weighted by Gasteiger charge is -2.41. The van der Waals surface area contributed by atoms with Crippen LogP contribution in [0.2, 0.25) is 0 Å². The number of likely N-dealkylation sites (tertiary alicyclic amines) is 1. The first kappa shape index (κ1) is 26.3. The summed E-state index contributed by atoms with van der Waals surface area (Å²) in [5.74, 6) is -2.17. The number of nitrogens with zero attached hydrogens (tertiary/aromatic N) is 3. The van der Waals surface area contributed by atoms with Gasteiger partial charge in [0.25, 0.3) is 0 Å². The third-order valence-electron chi connectivity index (χ3n) is 7.60. The normalized spacial score (nSPS) is 16.0. The van der Waals surface area contributed by atoms with E-state index in [0.29, 0.717) is 6.54 Å². The molecule has 1 saturated heterocycles. The highest BCUT2D eigenvalue weighted by molar-refractivity contribution is 6.02. The van der Waals surface area contributed by atoms with Crippen molar-refractivity contribution in [2.24, 2.45) is 5.41 Å². The van der Waals surface area contributed by atoms with Gasteiger partial charge in [0.1, 0.15) is 11.6 Å². The summed E-state index contributed by atoms with van der Waals surface area (Å²) in [4.78, 5) is 44.9. The molecule has 3 amide bonds. The van der Waals surface area contributed by atoms with Crippen molar-refractivity contribution >= 4 is 35.0 Å². The molecule has 0 aliphatic carbocycles. The van der Waals surface area contributed by atoms with Crippen molar-refractivity contribution in [2.75, 3.05) is 36.5 Å². The predicted molar refractivity (Wildman–Crippen MR) is 143 cm³/mol. The molecule has 0 saturated carbocycles. The number of urea groups is 1. The zero-order chi connectivity index (χ0) is 27.6. The SMILES string of the molecule is COC(=O)C1(CC(=O)N(c2cccc(F)c2)c2cccc(F)c2)CCN(C(=O)N2CCc3ccccc32)CC1. The van der Waals surface area contributed by atoms with Crippen LogP contribution in [0.5, 0.6) is 0 Å². The highest BCUT2D eigenvalue weighted by atomic mass is 19.1. The van der Waals surface area contributed by atoms with Crippen molar-refractivity contribution in [3.05, 3.63) is 90.0 Å². The van der Waals surface area contributed by atoms with Crippen molar-refractivity contribution in [1.29, 1.82) is 0 Å². The van der Waals surface area contributed by atoms with Gasteiger partial charge in [-0.1, -0.05) is 30.3 Å². The molecule has 0 N–H and O–H groups in total. The number of carbonyl (C=O) groups excluding carboxylic acids is 3. The summed E-state index contributed by atoms with van der Waals surface area (Å²) in [6, 6.07) is 18.5. The van der Waals surface area contributed by atoms with E-state index in [2.05, 4.69) is 0 Å². The van der Waals surface area contributed by atoms with E-state index in [1.54, 1.807) is 21.9 Å². The number of halogens is 2. The Balaban J connectivity index is 1.38. The van der Waals surface area contributed by atoms with Crippen LogP contribution < -0.4 is 9.80 Å². The van der Waals surface area contributed by atoms with Crippen LogP contribution in [-0.4, -0.2) is 49.6 Å². The van der Waals surface area contributed by atoms with E-state index in [1.807, 2.05) is 24.3 Å². The first-order chi connectivity index (χ1) is 18.8. The van der Waals surface area contributed by atoms with Gasteiger partial charge in [0, 0.05) is 31.7 Å². The van der Waals surface area contributed by atoms with Crippen LogP contribution in [-0.2, 0) is 20.7 Å². The highest BCUT2D eigenvalue weighted by Gasteiger charge is 2.46. The van der Waals surface area contributed by atoms with Gasteiger partial charge in [0.05, 0.1) is 23.9 Å². The van der Waals surface area contributed by atoms with Gasteiger partial charge < -0.3 is 9.64 Å². The molecule has 0 radical (unpaired) electrons. The van der Waals surface area contributed by atoms with Crippen LogP contribution in [0.25, 0.3) is 0 Å². The molecular formula is C30H29F2N3O4. The Bertz CT molecular complexity index is 1360. The summed E-state index contributed by atoms with van der Waals surface area (Å²) < 4.78 is 33.4. The Morgan fingerprint density at radius 2 is 1.49 bits per heavy atom. The average molecular weight is 534 g/mol. The van der Waals surface area contributed by atoms with E-state index in [-0.39, 0.29) is 49.8 Å². The number of rotatable bonds is 5. The van der Waals surface area contributed by atoms with Crippen molar-refractivity contribution < 1.29 is 27.9 Å². The maximum Gasteiger partial charge on any atom is 0.324 e. The summed E-state index contributed by atoms with van der Waals surface area (Å²) in [7, 11) is 1.27. The number of para-hydroxylation sites is 1. The Morgan fingerprint density at radius 1 is 0.872 bits per heavy atom. The second-order valence-electron chi connectivity index (χ2n) is 9.94. The summed E-state index contributed by atoms with van der Waals surface area (Å²) in [5, 5.41) is 0. The molecule has 9 heteroatoms.